The van der Waals surface area contributed by atoms with Gasteiger partial charge in [0.25, 0.3) is 5.56 Å². The van der Waals surface area contributed by atoms with Crippen LogP contribution in [0.1, 0.15) is 54.9 Å². The average molecular weight is 410 g/mol. The summed E-state index contributed by atoms with van der Waals surface area (Å²) in [6, 6.07) is 6.63. The summed E-state index contributed by atoms with van der Waals surface area (Å²) in [6.07, 6.45) is 3.40. The molecule has 0 radical (unpaired) electrons. The van der Waals surface area contributed by atoms with Gasteiger partial charge in [0.05, 0.1) is 17.3 Å². The first-order valence-corrected chi connectivity index (χ1v) is 10.9. The number of likely N-dealkylation sites (tertiary alicyclic amines) is 1. The van der Waals surface area contributed by atoms with E-state index in [2.05, 4.69) is 16.8 Å². The van der Waals surface area contributed by atoms with Crippen LogP contribution in [-0.4, -0.2) is 38.8 Å². The predicted octanol–water partition coefficient (Wildman–Crippen LogP) is 2.79. The van der Waals surface area contributed by atoms with Crippen molar-refractivity contribution in [2.24, 2.45) is 11.8 Å². The van der Waals surface area contributed by atoms with Crippen LogP contribution < -0.4 is 5.56 Å². The normalized spacial score (nSPS) is 25.9. The topological polar surface area (TPSA) is 69.3 Å². The smallest absolute Gasteiger partial charge is 0.255 e. The van der Waals surface area contributed by atoms with E-state index in [1.165, 1.54) is 6.07 Å². The summed E-state index contributed by atoms with van der Waals surface area (Å²) in [7, 11) is 0. The second kappa shape index (κ2) is 7.61. The van der Waals surface area contributed by atoms with Gasteiger partial charge in [0.1, 0.15) is 11.6 Å². The number of halogens is 1. The van der Waals surface area contributed by atoms with Crippen molar-refractivity contribution in [2.75, 3.05) is 13.1 Å². The van der Waals surface area contributed by atoms with E-state index in [-0.39, 0.29) is 29.2 Å². The summed E-state index contributed by atoms with van der Waals surface area (Å²) in [6.45, 7) is 4.50. The van der Waals surface area contributed by atoms with E-state index in [9.17, 15) is 14.0 Å². The highest BCUT2D eigenvalue weighted by molar-refractivity contribution is 5.82. The van der Waals surface area contributed by atoms with Crippen LogP contribution in [0.25, 0.3) is 0 Å². The lowest BCUT2D eigenvalue weighted by molar-refractivity contribution is -0.134. The molecule has 2 aromatic rings. The van der Waals surface area contributed by atoms with E-state index >= 15 is 0 Å². The number of hydrogen-bond acceptors (Lipinski definition) is 4. The van der Waals surface area contributed by atoms with Crippen molar-refractivity contribution >= 4 is 5.91 Å². The van der Waals surface area contributed by atoms with Crippen molar-refractivity contribution in [1.82, 2.24) is 19.8 Å². The molecule has 3 heterocycles. The van der Waals surface area contributed by atoms with Crippen LogP contribution >= 0.6 is 0 Å². The number of rotatable bonds is 4. The molecular weight excluding hydrogens is 383 g/mol. The van der Waals surface area contributed by atoms with Crippen molar-refractivity contribution in [3.63, 3.8) is 0 Å². The zero-order chi connectivity index (χ0) is 20.8. The van der Waals surface area contributed by atoms with Crippen molar-refractivity contribution in [3.05, 3.63) is 63.1 Å². The minimum absolute atomic E-state index is 0.125. The molecule has 0 unspecified atom stereocenters. The summed E-state index contributed by atoms with van der Waals surface area (Å²) >= 11 is 0. The van der Waals surface area contributed by atoms with E-state index in [0.29, 0.717) is 42.4 Å². The molecule has 1 saturated carbocycles. The molecule has 6 nitrogen and oxygen atoms in total. The fourth-order valence-electron chi connectivity index (χ4n) is 4.85. The number of hydrogen-bond donors (Lipinski definition) is 1. The highest BCUT2D eigenvalue weighted by atomic mass is 19.1. The van der Waals surface area contributed by atoms with Crippen LogP contribution in [0.15, 0.2) is 29.1 Å². The summed E-state index contributed by atoms with van der Waals surface area (Å²) in [5.74, 6) is 1.22. The monoisotopic (exact) mass is 410 g/mol. The maximum atomic E-state index is 14.0. The molecule has 7 heteroatoms. The van der Waals surface area contributed by atoms with Gasteiger partial charge in [-0.2, -0.15) is 0 Å². The minimum atomic E-state index is -0.221. The average Bonchev–Trinajstić information content (AvgIpc) is 3.26. The molecular formula is C23H27FN4O2. The first-order chi connectivity index (χ1) is 14.5. The number of carbonyl (C=O) groups excluding carboxylic acids is 1. The van der Waals surface area contributed by atoms with Gasteiger partial charge in [-0.1, -0.05) is 25.1 Å². The summed E-state index contributed by atoms with van der Waals surface area (Å²) in [5.41, 5.74) is 1.98. The van der Waals surface area contributed by atoms with Crippen molar-refractivity contribution < 1.29 is 9.18 Å². The summed E-state index contributed by atoms with van der Waals surface area (Å²) < 4.78 is 14.0. The van der Waals surface area contributed by atoms with Crippen molar-refractivity contribution in [1.29, 1.82) is 0 Å². The largest absolute Gasteiger partial charge is 0.332 e. The third-order valence-corrected chi connectivity index (χ3v) is 6.80. The number of benzene rings is 1. The SMILES string of the molecule is C[C@H]1C[C@@H]1C(=O)N1CCC[C@@H]1c1nc2c(c(=O)[nH]1)CN(Cc1ccccc1F)CC2. The van der Waals surface area contributed by atoms with E-state index in [4.69, 9.17) is 4.98 Å². The van der Waals surface area contributed by atoms with Crippen molar-refractivity contribution in [3.8, 4) is 0 Å². The molecule has 5 rings (SSSR count). The van der Waals surface area contributed by atoms with Gasteiger partial charge >= 0.3 is 0 Å². The number of H-pyrrole nitrogens is 1. The van der Waals surface area contributed by atoms with E-state index in [1.54, 1.807) is 12.1 Å². The second-order valence-electron chi connectivity index (χ2n) is 8.94. The Morgan fingerprint density at radius 1 is 1.30 bits per heavy atom. The van der Waals surface area contributed by atoms with Crippen molar-refractivity contribution in [2.45, 2.75) is 51.7 Å². The van der Waals surface area contributed by atoms with Gasteiger partial charge in [-0.3, -0.25) is 14.5 Å². The summed E-state index contributed by atoms with van der Waals surface area (Å²) in [5, 5.41) is 0. The molecule has 1 saturated heterocycles. The molecule has 1 aliphatic carbocycles. The highest BCUT2D eigenvalue weighted by Gasteiger charge is 2.45. The molecule has 3 atom stereocenters. The van der Waals surface area contributed by atoms with Gasteiger partial charge in [-0.25, -0.2) is 9.37 Å². The van der Waals surface area contributed by atoms with Crippen LogP contribution in [0.4, 0.5) is 4.39 Å². The Morgan fingerprint density at radius 3 is 2.87 bits per heavy atom. The lowest BCUT2D eigenvalue weighted by Crippen LogP contribution is -2.38. The van der Waals surface area contributed by atoms with Crippen LogP contribution in [0.3, 0.4) is 0 Å². The second-order valence-corrected chi connectivity index (χ2v) is 8.94. The van der Waals surface area contributed by atoms with Gasteiger partial charge in [0, 0.05) is 44.1 Å². The van der Waals surface area contributed by atoms with E-state index < -0.39 is 0 Å². The van der Waals surface area contributed by atoms with Gasteiger partial charge in [-0.05, 0) is 31.2 Å². The first-order valence-electron chi connectivity index (χ1n) is 10.9. The van der Waals surface area contributed by atoms with Gasteiger partial charge in [0.2, 0.25) is 5.91 Å². The van der Waals surface area contributed by atoms with E-state index in [1.807, 2.05) is 11.0 Å². The predicted molar refractivity (Wildman–Crippen MR) is 110 cm³/mol. The quantitative estimate of drug-likeness (QED) is 0.842. The Hall–Kier alpha value is -2.54. The van der Waals surface area contributed by atoms with Crippen LogP contribution in [0.5, 0.6) is 0 Å². The lowest BCUT2D eigenvalue weighted by atomic mass is 10.0. The molecule has 3 aliphatic rings. The third kappa shape index (κ3) is 3.55. The Labute approximate surface area is 175 Å². The first kappa shape index (κ1) is 19.4. The number of fused-ring (bicyclic) bond motifs is 1. The molecule has 0 bridgehead atoms. The van der Waals surface area contributed by atoms with Gasteiger partial charge in [-0.15, -0.1) is 0 Å². The highest BCUT2D eigenvalue weighted by Crippen LogP contribution is 2.42. The molecule has 1 aromatic heterocycles. The molecule has 1 amide bonds. The maximum absolute atomic E-state index is 14.0. The number of carbonyl (C=O) groups is 1. The fraction of sp³-hybridized carbons (Fsp3) is 0.522. The molecule has 2 aliphatic heterocycles. The molecule has 158 valence electrons. The molecule has 2 fully saturated rings. The minimum Gasteiger partial charge on any atom is -0.332 e. The standard InChI is InChI=1S/C23H27FN4O2/c1-14-11-16(14)23(30)28-9-4-7-20(28)21-25-19-8-10-27(13-17(19)22(29)26-21)12-15-5-2-3-6-18(15)24/h2-3,5-6,14,16,20H,4,7-13H2,1H3,(H,25,26,29)/t14-,16-,20+/m0/s1. The number of nitrogens with zero attached hydrogens (tertiary/aromatic N) is 3. The Balaban J connectivity index is 1.35. The third-order valence-electron chi connectivity index (χ3n) is 6.80. The molecule has 0 spiro atoms. The zero-order valence-corrected chi connectivity index (χ0v) is 17.2. The Kier molecular flexibility index (Phi) is 4.93. The molecule has 1 N–H and O–H groups in total. The number of aromatic amines is 1. The van der Waals surface area contributed by atoms with Gasteiger partial charge < -0.3 is 9.88 Å². The molecule has 1 aromatic carbocycles. The lowest BCUT2D eigenvalue weighted by Gasteiger charge is -2.29. The Morgan fingerprint density at radius 2 is 2.10 bits per heavy atom. The number of aromatic nitrogens is 2. The molecule has 30 heavy (non-hydrogen) atoms. The zero-order valence-electron chi connectivity index (χ0n) is 17.2. The Bertz CT molecular complexity index is 1040. The van der Waals surface area contributed by atoms with Crippen LogP contribution in [0.2, 0.25) is 0 Å². The van der Waals surface area contributed by atoms with E-state index in [0.717, 1.165) is 38.0 Å². The van der Waals surface area contributed by atoms with Crippen LogP contribution in [-0.2, 0) is 24.3 Å². The fourth-order valence-corrected chi connectivity index (χ4v) is 4.85. The van der Waals surface area contributed by atoms with Gasteiger partial charge in [0.15, 0.2) is 0 Å². The maximum Gasteiger partial charge on any atom is 0.255 e. The number of nitrogens with one attached hydrogen (secondary N) is 1. The number of amides is 1. The summed E-state index contributed by atoms with van der Waals surface area (Å²) in [4.78, 5) is 37.4. The van der Waals surface area contributed by atoms with Crippen LogP contribution in [0, 0.1) is 17.7 Å².